The van der Waals surface area contributed by atoms with Crippen LogP contribution in [0.15, 0.2) is 30.3 Å². The van der Waals surface area contributed by atoms with Gasteiger partial charge in [0.2, 0.25) is 0 Å². The summed E-state index contributed by atoms with van der Waals surface area (Å²) in [4.78, 5) is 25.1. The summed E-state index contributed by atoms with van der Waals surface area (Å²) in [7, 11) is 0. The van der Waals surface area contributed by atoms with Gasteiger partial charge in [-0.3, -0.25) is 9.59 Å². The Labute approximate surface area is 162 Å². The minimum atomic E-state index is -0.391. The molecule has 2 unspecified atom stereocenters. The molecule has 0 saturated heterocycles. The molecule has 4 heteroatoms. The number of hydrogen-bond donors (Lipinski definition) is 1. The topological polar surface area (TPSA) is 55.4 Å². The zero-order chi connectivity index (χ0) is 19.1. The Balaban J connectivity index is 1.48. The van der Waals surface area contributed by atoms with Gasteiger partial charge in [-0.05, 0) is 67.3 Å². The second-order valence-electron chi connectivity index (χ2n) is 9.66. The lowest BCUT2D eigenvalue weighted by molar-refractivity contribution is -0.175. The van der Waals surface area contributed by atoms with Gasteiger partial charge in [0.15, 0.2) is 6.61 Å². The van der Waals surface area contributed by atoms with Crippen LogP contribution in [-0.4, -0.2) is 25.0 Å². The number of nitrogens with one attached hydrogen (secondary N) is 1. The molecule has 4 bridgehead atoms. The van der Waals surface area contributed by atoms with E-state index in [0.717, 1.165) is 19.3 Å². The van der Waals surface area contributed by atoms with Crippen molar-refractivity contribution >= 4 is 11.9 Å². The van der Waals surface area contributed by atoms with Crippen molar-refractivity contribution in [2.75, 3.05) is 13.2 Å². The summed E-state index contributed by atoms with van der Waals surface area (Å²) in [6.07, 6.45) is 6.38. The number of hydrogen-bond acceptors (Lipinski definition) is 3. The first kappa shape index (κ1) is 18.5. The van der Waals surface area contributed by atoms with E-state index in [1.807, 2.05) is 13.8 Å². The van der Waals surface area contributed by atoms with Gasteiger partial charge in [-0.25, -0.2) is 0 Å². The van der Waals surface area contributed by atoms with Gasteiger partial charge in [-0.2, -0.15) is 0 Å². The third-order valence-electron chi connectivity index (χ3n) is 6.92. The number of esters is 1. The van der Waals surface area contributed by atoms with Crippen LogP contribution < -0.4 is 5.32 Å². The molecule has 4 saturated carbocycles. The SMILES string of the molecule is CC(C)CNC(=O)COC(=O)C12C[C@H]3C[C@@H](C1)CC(c1ccccc1)(C3)C2. The maximum Gasteiger partial charge on any atom is 0.312 e. The van der Waals surface area contributed by atoms with Crippen LogP contribution in [0.5, 0.6) is 0 Å². The van der Waals surface area contributed by atoms with E-state index in [1.165, 1.54) is 24.8 Å². The zero-order valence-corrected chi connectivity index (χ0v) is 16.5. The maximum atomic E-state index is 13.1. The highest BCUT2D eigenvalue weighted by atomic mass is 16.5. The molecule has 0 aliphatic heterocycles. The largest absolute Gasteiger partial charge is 0.455 e. The Kier molecular flexibility index (Phi) is 4.77. The third-order valence-corrected chi connectivity index (χ3v) is 6.92. The number of carbonyl (C=O) groups excluding carboxylic acids is 2. The smallest absolute Gasteiger partial charge is 0.312 e. The lowest BCUT2D eigenvalue weighted by Crippen LogP contribution is -2.57. The van der Waals surface area contributed by atoms with E-state index in [2.05, 4.69) is 35.6 Å². The van der Waals surface area contributed by atoms with E-state index in [9.17, 15) is 9.59 Å². The lowest BCUT2D eigenvalue weighted by Gasteiger charge is -2.61. The Morgan fingerprint density at radius 3 is 2.41 bits per heavy atom. The van der Waals surface area contributed by atoms with Crippen LogP contribution in [0.2, 0.25) is 0 Å². The standard InChI is InChI=1S/C23H31NO3/c1-16(2)13-24-20(25)14-27-21(26)23-11-17-8-18(12-23)10-22(9-17,15-23)19-6-4-3-5-7-19/h3-7,16-18H,8-15H2,1-2H3,(H,24,25)/t17-,18+,22?,23?. The highest BCUT2D eigenvalue weighted by molar-refractivity contribution is 5.83. The van der Waals surface area contributed by atoms with Gasteiger partial charge in [0.05, 0.1) is 5.41 Å². The van der Waals surface area contributed by atoms with Crippen molar-refractivity contribution in [1.82, 2.24) is 5.32 Å². The molecule has 146 valence electrons. The zero-order valence-electron chi connectivity index (χ0n) is 16.5. The van der Waals surface area contributed by atoms with Crippen LogP contribution in [0.25, 0.3) is 0 Å². The second kappa shape index (κ2) is 6.96. The van der Waals surface area contributed by atoms with E-state index in [1.54, 1.807) is 0 Å². The van der Waals surface area contributed by atoms with Crippen LogP contribution >= 0.6 is 0 Å². The van der Waals surface area contributed by atoms with Crippen molar-refractivity contribution < 1.29 is 14.3 Å². The first-order valence-electron chi connectivity index (χ1n) is 10.4. The molecule has 1 amide bonds. The third kappa shape index (κ3) is 3.51. The van der Waals surface area contributed by atoms with Gasteiger partial charge >= 0.3 is 5.97 Å². The van der Waals surface area contributed by atoms with Crippen molar-refractivity contribution in [2.24, 2.45) is 23.2 Å². The monoisotopic (exact) mass is 369 g/mol. The molecule has 4 fully saturated rings. The average Bonchev–Trinajstić information content (AvgIpc) is 2.64. The van der Waals surface area contributed by atoms with Crippen molar-refractivity contribution in [3.8, 4) is 0 Å². The fourth-order valence-corrected chi connectivity index (χ4v) is 6.28. The van der Waals surface area contributed by atoms with E-state index in [0.29, 0.717) is 24.3 Å². The van der Waals surface area contributed by atoms with E-state index in [-0.39, 0.29) is 23.9 Å². The van der Waals surface area contributed by atoms with Crippen LogP contribution in [-0.2, 0) is 19.7 Å². The second-order valence-corrected chi connectivity index (χ2v) is 9.66. The number of carbonyl (C=O) groups is 2. The summed E-state index contributed by atoms with van der Waals surface area (Å²) in [5, 5.41) is 2.83. The molecule has 1 aromatic rings. The normalized spacial score (nSPS) is 33.9. The summed E-state index contributed by atoms with van der Waals surface area (Å²) >= 11 is 0. The van der Waals surface area contributed by atoms with Gasteiger partial charge < -0.3 is 10.1 Å². The van der Waals surface area contributed by atoms with Crippen LogP contribution in [0, 0.1) is 23.2 Å². The predicted molar refractivity (Wildman–Crippen MR) is 104 cm³/mol. The molecule has 1 N–H and O–H groups in total. The summed E-state index contributed by atoms with van der Waals surface area (Å²) in [5.74, 6) is 1.26. The van der Waals surface area contributed by atoms with Crippen molar-refractivity contribution in [3.05, 3.63) is 35.9 Å². The minimum absolute atomic E-state index is 0.115. The predicted octanol–water partition coefficient (Wildman–Crippen LogP) is 3.84. The van der Waals surface area contributed by atoms with E-state index < -0.39 is 5.41 Å². The fourth-order valence-electron chi connectivity index (χ4n) is 6.28. The average molecular weight is 370 g/mol. The summed E-state index contributed by atoms with van der Waals surface area (Å²) in [5.41, 5.74) is 1.11. The molecule has 4 nitrogen and oxygen atoms in total. The van der Waals surface area contributed by atoms with E-state index >= 15 is 0 Å². The molecule has 4 aliphatic rings. The molecular formula is C23H31NO3. The Morgan fingerprint density at radius 1 is 1.11 bits per heavy atom. The molecule has 1 aromatic carbocycles. The number of amides is 1. The van der Waals surface area contributed by atoms with Gasteiger partial charge in [0.1, 0.15) is 0 Å². The summed E-state index contributed by atoms with van der Waals surface area (Å²) in [6, 6.07) is 10.7. The molecule has 4 aliphatic carbocycles. The molecular weight excluding hydrogens is 338 g/mol. The molecule has 0 spiro atoms. The molecule has 0 radical (unpaired) electrons. The lowest BCUT2D eigenvalue weighted by atomic mass is 9.43. The highest BCUT2D eigenvalue weighted by Crippen LogP contribution is 2.66. The van der Waals surface area contributed by atoms with Gasteiger partial charge in [0.25, 0.3) is 5.91 Å². The maximum absolute atomic E-state index is 13.1. The number of benzene rings is 1. The molecule has 0 aromatic heterocycles. The quantitative estimate of drug-likeness (QED) is 0.775. The molecule has 5 rings (SSSR count). The highest BCUT2D eigenvalue weighted by Gasteiger charge is 2.61. The van der Waals surface area contributed by atoms with Gasteiger partial charge in [0, 0.05) is 6.54 Å². The molecule has 4 atom stereocenters. The van der Waals surface area contributed by atoms with Crippen LogP contribution in [0.1, 0.15) is 57.9 Å². The summed E-state index contributed by atoms with van der Waals surface area (Å²) in [6.45, 7) is 4.55. The van der Waals surface area contributed by atoms with Gasteiger partial charge in [-0.1, -0.05) is 44.2 Å². The molecule has 0 heterocycles. The first-order valence-corrected chi connectivity index (χ1v) is 10.4. The van der Waals surface area contributed by atoms with Gasteiger partial charge in [-0.15, -0.1) is 0 Å². The number of ether oxygens (including phenoxy) is 1. The number of rotatable bonds is 6. The van der Waals surface area contributed by atoms with Crippen molar-refractivity contribution in [1.29, 1.82) is 0 Å². The molecule has 27 heavy (non-hydrogen) atoms. The Morgan fingerprint density at radius 2 is 1.78 bits per heavy atom. The fraction of sp³-hybridized carbons (Fsp3) is 0.652. The van der Waals surface area contributed by atoms with Crippen molar-refractivity contribution in [2.45, 2.75) is 57.8 Å². The Bertz CT molecular complexity index is 698. The van der Waals surface area contributed by atoms with E-state index in [4.69, 9.17) is 4.74 Å². The van der Waals surface area contributed by atoms with Crippen LogP contribution in [0.3, 0.4) is 0 Å². The van der Waals surface area contributed by atoms with Crippen LogP contribution in [0.4, 0.5) is 0 Å². The minimum Gasteiger partial charge on any atom is -0.455 e. The first-order chi connectivity index (χ1) is 12.9. The summed E-state index contributed by atoms with van der Waals surface area (Å²) < 4.78 is 5.55. The Hall–Kier alpha value is -1.84. The van der Waals surface area contributed by atoms with Crippen molar-refractivity contribution in [3.63, 3.8) is 0 Å².